The van der Waals surface area contributed by atoms with Crippen molar-refractivity contribution in [2.24, 2.45) is 0 Å². The molecule has 0 saturated heterocycles. The minimum Gasteiger partial charge on any atom is -0.421 e. The molecule has 116 valence electrons. The van der Waals surface area contributed by atoms with Gasteiger partial charge in [-0.3, -0.25) is 9.78 Å². The van der Waals surface area contributed by atoms with Crippen LogP contribution in [0.15, 0.2) is 59.3 Å². The first-order valence-corrected chi connectivity index (χ1v) is 7.28. The molecule has 23 heavy (non-hydrogen) atoms. The summed E-state index contributed by atoms with van der Waals surface area (Å²) in [6, 6.07) is 13.2. The highest BCUT2D eigenvalue weighted by Crippen LogP contribution is 2.17. The standard InChI is InChI=1S/C17H16N4O2/c1-21(14-7-3-2-4-8-14)16(22)10-9-15-19-20-17(23-15)13-6-5-11-18-12-13/h2-8,11-12H,9-10H2,1H3. The van der Waals surface area contributed by atoms with Gasteiger partial charge in [-0.25, -0.2) is 0 Å². The number of carbonyl (C=O) groups is 1. The van der Waals surface area contributed by atoms with Crippen LogP contribution < -0.4 is 4.90 Å². The van der Waals surface area contributed by atoms with E-state index < -0.39 is 0 Å². The van der Waals surface area contributed by atoms with Crippen LogP contribution in [0.2, 0.25) is 0 Å². The summed E-state index contributed by atoms with van der Waals surface area (Å²) in [5.41, 5.74) is 1.62. The van der Waals surface area contributed by atoms with Crippen molar-refractivity contribution in [3.63, 3.8) is 0 Å². The summed E-state index contributed by atoms with van der Waals surface area (Å²) in [5.74, 6) is 0.855. The summed E-state index contributed by atoms with van der Waals surface area (Å²) in [6.45, 7) is 0. The highest BCUT2D eigenvalue weighted by molar-refractivity contribution is 5.92. The maximum Gasteiger partial charge on any atom is 0.249 e. The molecule has 1 amide bonds. The summed E-state index contributed by atoms with van der Waals surface area (Å²) in [4.78, 5) is 17.9. The normalized spacial score (nSPS) is 10.5. The van der Waals surface area contributed by atoms with Crippen molar-refractivity contribution >= 4 is 11.6 Å². The molecule has 0 atom stereocenters. The zero-order valence-electron chi connectivity index (χ0n) is 12.7. The van der Waals surface area contributed by atoms with Crippen LogP contribution in [-0.2, 0) is 11.2 Å². The third-order valence-corrected chi connectivity index (χ3v) is 3.45. The molecule has 6 heteroatoms. The quantitative estimate of drug-likeness (QED) is 0.724. The first-order valence-electron chi connectivity index (χ1n) is 7.28. The van der Waals surface area contributed by atoms with E-state index in [1.165, 1.54) is 0 Å². The van der Waals surface area contributed by atoms with E-state index in [4.69, 9.17) is 4.42 Å². The maximum atomic E-state index is 12.2. The molecule has 0 aliphatic rings. The Bertz CT molecular complexity index is 772. The average Bonchev–Trinajstić information content (AvgIpc) is 3.09. The first-order chi connectivity index (χ1) is 11.2. The molecule has 0 spiro atoms. The lowest BCUT2D eigenvalue weighted by atomic mass is 10.2. The summed E-state index contributed by atoms with van der Waals surface area (Å²) in [7, 11) is 1.76. The van der Waals surface area contributed by atoms with Gasteiger partial charge in [-0.2, -0.15) is 0 Å². The Labute approximate surface area is 133 Å². The minimum absolute atomic E-state index is 0.00247. The van der Waals surface area contributed by atoms with Crippen molar-refractivity contribution in [3.8, 4) is 11.5 Å². The number of hydrogen-bond donors (Lipinski definition) is 0. The van der Waals surface area contributed by atoms with E-state index in [2.05, 4.69) is 15.2 Å². The topological polar surface area (TPSA) is 72.1 Å². The lowest BCUT2D eigenvalue weighted by molar-refractivity contribution is -0.118. The van der Waals surface area contributed by atoms with Crippen LogP contribution in [0, 0.1) is 0 Å². The van der Waals surface area contributed by atoms with E-state index in [-0.39, 0.29) is 5.91 Å². The van der Waals surface area contributed by atoms with Crippen molar-refractivity contribution in [1.29, 1.82) is 0 Å². The molecule has 3 rings (SSSR count). The SMILES string of the molecule is CN(C(=O)CCc1nnc(-c2cccnc2)o1)c1ccccc1. The molecule has 2 heterocycles. The smallest absolute Gasteiger partial charge is 0.249 e. The number of anilines is 1. The molecule has 2 aromatic heterocycles. The van der Waals surface area contributed by atoms with Crippen LogP contribution in [0.1, 0.15) is 12.3 Å². The summed E-state index contributed by atoms with van der Waals surface area (Å²) >= 11 is 0. The lowest BCUT2D eigenvalue weighted by Gasteiger charge is -2.16. The monoisotopic (exact) mass is 308 g/mol. The average molecular weight is 308 g/mol. The number of benzene rings is 1. The Kier molecular flexibility index (Phi) is 4.42. The number of carbonyl (C=O) groups excluding carboxylic acids is 1. The Morgan fingerprint density at radius 1 is 1.13 bits per heavy atom. The van der Waals surface area contributed by atoms with Crippen LogP contribution >= 0.6 is 0 Å². The lowest BCUT2D eigenvalue weighted by Crippen LogP contribution is -2.26. The number of aryl methyl sites for hydroxylation is 1. The molecule has 0 N–H and O–H groups in total. The van der Waals surface area contributed by atoms with E-state index in [0.717, 1.165) is 11.3 Å². The van der Waals surface area contributed by atoms with Crippen LogP contribution in [0.5, 0.6) is 0 Å². The molecule has 0 bridgehead atoms. The zero-order valence-corrected chi connectivity index (χ0v) is 12.7. The first kappa shape index (κ1) is 14.9. The van der Waals surface area contributed by atoms with Gasteiger partial charge in [0, 0.05) is 38.0 Å². The maximum absolute atomic E-state index is 12.2. The van der Waals surface area contributed by atoms with Crippen LogP contribution in [0.25, 0.3) is 11.5 Å². The second-order valence-corrected chi connectivity index (χ2v) is 5.03. The molecular weight excluding hydrogens is 292 g/mol. The molecule has 0 radical (unpaired) electrons. The van der Waals surface area contributed by atoms with Gasteiger partial charge in [0.2, 0.25) is 17.7 Å². The van der Waals surface area contributed by atoms with Crippen molar-refractivity contribution in [3.05, 3.63) is 60.7 Å². The second kappa shape index (κ2) is 6.83. The van der Waals surface area contributed by atoms with Gasteiger partial charge in [-0.15, -0.1) is 10.2 Å². The van der Waals surface area contributed by atoms with E-state index in [1.54, 1.807) is 30.4 Å². The van der Waals surface area contributed by atoms with Crippen molar-refractivity contribution in [2.75, 3.05) is 11.9 Å². The van der Waals surface area contributed by atoms with Crippen molar-refractivity contribution < 1.29 is 9.21 Å². The fraction of sp³-hybridized carbons (Fsp3) is 0.176. The Balaban J connectivity index is 1.61. The third kappa shape index (κ3) is 3.60. The third-order valence-electron chi connectivity index (χ3n) is 3.45. The van der Waals surface area contributed by atoms with Crippen LogP contribution in [-0.4, -0.2) is 28.1 Å². The second-order valence-electron chi connectivity index (χ2n) is 5.03. The number of hydrogen-bond acceptors (Lipinski definition) is 5. The fourth-order valence-electron chi connectivity index (χ4n) is 2.14. The molecule has 6 nitrogen and oxygen atoms in total. The van der Waals surface area contributed by atoms with E-state index in [9.17, 15) is 4.79 Å². The number of para-hydroxylation sites is 1. The summed E-state index contributed by atoms with van der Waals surface area (Å²) in [5, 5.41) is 7.97. The Hall–Kier alpha value is -3.02. The molecule has 0 saturated carbocycles. The van der Waals surface area contributed by atoms with Crippen LogP contribution in [0.4, 0.5) is 5.69 Å². The number of rotatable bonds is 5. The van der Waals surface area contributed by atoms with Gasteiger partial charge in [-0.1, -0.05) is 18.2 Å². The summed E-state index contributed by atoms with van der Waals surface area (Å²) in [6.07, 6.45) is 4.05. The largest absolute Gasteiger partial charge is 0.421 e. The van der Waals surface area contributed by atoms with Crippen molar-refractivity contribution in [2.45, 2.75) is 12.8 Å². The van der Waals surface area contributed by atoms with Crippen molar-refractivity contribution in [1.82, 2.24) is 15.2 Å². The number of pyridine rings is 1. The molecule has 0 aliphatic heterocycles. The molecular formula is C17H16N4O2. The van der Waals surface area contributed by atoms with Gasteiger partial charge in [0.25, 0.3) is 0 Å². The number of aromatic nitrogens is 3. The van der Waals surface area contributed by atoms with Gasteiger partial charge >= 0.3 is 0 Å². The predicted molar refractivity (Wildman–Crippen MR) is 85.7 cm³/mol. The molecule has 0 aliphatic carbocycles. The van der Waals surface area contributed by atoms with Gasteiger partial charge in [0.1, 0.15) is 0 Å². The minimum atomic E-state index is -0.00247. The molecule has 0 fully saturated rings. The zero-order chi connectivity index (χ0) is 16.1. The van der Waals surface area contributed by atoms with E-state index in [1.807, 2.05) is 36.4 Å². The summed E-state index contributed by atoms with van der Waals surface area (Å²) < 4.78 is 5.57. The van der Waals surface area contributed by atoms with E-state index in [0.29, 0.717) is 24.6 Å². The highest BCUT2D eigenvalue weighted by atomic mass is 16.4. The fourth-order valence-corrected chi connectivity index (χ4v) is 2.14. The Morgan fingerprint density at radius 2 is 1.96 bits per heavy atom. The molecule has 1 aromatic carbocycles. The number of amides is 1. The predicted octanol–water partition coefficient (Wildman–Crippen LogP) is 2.73. The van der Waals surface area contributed by atoms with Gasteiger partial charge in [0.15, 0.2) is 0 Å². The molecule has 3 aromatic rings. The van der Waals surface area contributed by atoms with Gasteiger partial charge in [0.05, 0.1) is 5.56 Å². The van der Waals surface area contributed by atoms with Gasteiger partial charge < -0.3 is 9.32 Å². The highest BCUT2D eigenvalue weighted by Gasteiger charge is 2.14. The molecule has 0 unspecified atom stereocenters. The van der Waals surface area contributed by atoms with Crippen LogP contribution in [0.3, 0.4) is 0 Å². The van der Waals surface area contributed by atoms with E-state index >= 15 is 0 Å². The Morgan fingerprint density at radius 3 is 2.70 bits per heavy atom. The number of nitrogens with zero attached hydrogens (tertiary/aromatic N) is 4. The van der Waals surface area contributed by atoms with Gasteiger partial charge in [-0.05, 0) is 24.3 Å².